The fraction of sp³-hybridized carbons (Fsp3) is 0.286. The normalized spacial score (nSPS) is 11.2. The molecule has 1 aromatic heterocycles. The molecule has 0 aliphatic heterocycles. The number of benzene rings is 1. The Labute approximate surface area is 151 Å². The van der Waals surface area contributed by atoms with E-state index >= 15 is 0 Å². The second-order valence-corrected chi connectivity index (χ2v) is 7.87. The molecule has 7 nitrogen and oxygen atoms in total. The zero-order chi connectivity index (χ0) is 18.1. The topological polar surface area (TPSA) is 78.4 Å². The minimum atomic E-state index is -3.94. The van der Waals surface area contributed by atoms with Crippen LogP contribution in [-0.2, 0) is 10.0 Å². The van der Waals surface area contributed by atoms with Crippen LogP contribution in [0.15, 0.2) is 29.3 Å². The molecule has 0 fully saturated rings. The lowest BCUT2D eigenvalue weighted by Gasteiger charge is -2.20. The van der Waals surface area contributed by atoms with Gasteiger partial charge in [-0.05, 0) is 18.2 Å². The van der Waals surface area contributed by atoms with Gasteiger partial charge in [0.05, 0.1) is 11.2 Å². The first-order valence-electron chi connectivity index (χ1n) is 6.81. The Kier molecular flexibility index (Phi) is 5.42. The average molecular weight is 390 g/mol. The van der Waals surface area contributed by atoms with Gasteiger partial charge in [-0.2, -0.15) is 4.98 Å². The standard InChI is InChI=1S/C14H17Cl2N5O2S/c1-20(2)13-11(8-17-14(18-13)21(3)4)19-24(22,23)12-7-9(15)5-6-10(12)16/h5-8,19H,1-4H3. The average Bonchev–Trinajstić information content (AvgIpc) is 2.49. The molecule has 0 atom stereocenters. The van der Waals surface area contributed by atoms with Gasteiger partial charge in [-0.3, -0.25) is 4.72 Å². The molecule has 24 heavy (non-hydrogen) atoms. The van der Waals surface area contributed by atoms with Crippen LogP contribution in [0.3, 0.4) is 0 Å². The van der Waals surface area contributed by atoms with Gasteiger partial charge in [-0.1, -0.05) is 23.2 Å². The van der Waals surface area contributed by atoms with Crippen molar-refractivity contribution in [3.05, 3.63) is 34.4 Å². The SMILES string of the molecule is CN(C)c1ncc(NS(=O)(=O)c2cc(Cl)ccc2Cl)c(N(C)C)n1. The van der Waals surface area contributed by atoms with Crippen LogP contribution in [-0.4, -0.2) is 46.6 Å². The Hall–Kier alpha value is -1.77. The molecular weight excluding hydrogens is 373 g/mol. The Morgan fingerprint density at radius 1 is 1.08 bits per heavy atom. The smallest absolute Gasteiger partial charge is 0.263 e. The lowest BCUT2D eigenvalue weighted by molar-refractivity contribution is 0.601. The molecule has 0 amide bonds. The molecule has 0 radical (unpaired) electrons. The minimum absolute atomic E-state index is 0.0733. The third-order valence-corrected chi connectivity index (χ3v) is 5.09. The van der Waals surface area contributed by atoms with Crippen molar-refractivity contribution >= 4 is 50.7 Å². The quantitative estimate of drug-likeness (QED) is 0.846. The lowest BCUT2D eigenvalue weighted by Crippen LogP contribution is -2.21. The maximum Gasteiger partial charge on any atom is 0.263 e. The molecule has 130 valence electrons. The van der Waals surface area contributed by atoms with Gasteiger partial charge in [0, 0.05) is 33.2 Å². The highest BCUT2D eigenvalue weighted by molar-refractivity contribution is 7.92. The van der Waals surface area contributed by atoms with E-state index in [-0.39, 0.29) is 20.6 Å². The van der Waals surface area contributed by atoms with Gasteiger partial charge in [0.25, 0.3) is 10.0 Å². The van der Waals surface area contributed by atoms with E-state index < -0.39 is 10.0 Å². The molecule has 2 rings (SSSR count). The highest BCUT2D eigenvalue weighted by Crippen LogP contribution is 2.29. The van der Waals surface area contributed by atoms with Crippen molar-refractivity contribution in [3.63, 3.8) is 0 Å². The first kappa shape index (κ1) is 18.6. The van der Waals surface area contributed by atoms with E-state index in [0.717, 1.165) is 0 Å². The van der Waals surface area contributed by atoms with Crippen LogP contribution in [0.2, 0.25) is 10.0 Å². The van der Waals surface area contributed by atoms with Gasteiger partial charge < -0.3 is 9.80 Å². The van der Waals surface area contributed by atoms with Crippen LogP contribution in [0.5, 0.6) is 0 Å². The van der Waals surface area contributed by atoms with Crippen molar-refractivity contribution in [2.75, 3.05) is 42.7 Å². The fourth-order valence-corrected chi connectivity index (χ4v) is 3.68. The summed E-state index contributed by atoms with van der Waals surface area (Å²) in [6, 6.07) is 4.23. The monoisotopic (exact) mass is 389 g/mol. The summed E-state index contributed by atoms with van der Waals surface area (Å²) in [4.78, 5) is 11.8. The predicted octanol–water partition coefficient (Wildman–Crippen LogP) is 2.72. The van der Waals surface area contributed by atoms with Crippen molar-refractivity contribution in [1.29, 1.82) is 0 Å². The summed E-state index contributed by atoms with van der Waals surface area (Å²) in [5.41, 5.74) is 0.238. The first-order chi connectivity index (χ1) is 11.1. The molecule has 0 unspecified atom stereocenters. The number of rotatable bonds is 5. The van der Waals surface area contributed by atoms with Crippen molar-refractivity contribution < 1.29 is 8.42 Å². The van der Waals surface area contributed by atoms with Gasteiger partial charge in [0.2, 0.25) is 5.95 Å². The highest BCUT2D eigenvalue weighted by Gasteiger charge is 2.22. The predicted molar refractivity (Wildman–Crippen MR) is 98.0 cm³/mol. The van der Waals surface area contributed by atoms with Crippen LogP contribution in [0.1, 0.15) is 0 Å². The van der Waals surface area contributed by atoms with Crippen molar-refractivity contribution in [1.82, 2.24) is 9.97 Å². The Morgan fingerprint density at radius 3 is 2.33 bits per heavy atom. The number of nitrogens with one attached hydrogen (secondary N) is 1. The summed E-state index contributed by atoms with van der Waals surface area (Å²) >= 11 is 11.9. The van der Waals surface area contributed by atoms with E-state index in [1.165, 1.54) is 24.4 Å². The largest absolute Gasteiger partial charge is 0.361 e. The maximum atomic E-state index is 12.6. The third kappa shape index (κ3) is 4.00. The molecule has 0 aliphatic carbocycles. The number of sulfonamides is 1. The molecule has 2 aromatic rings. The van der Waals surface area contributed by atoms with E-state index in [0.29, 0.717) is 11.8 Å². The van der Waals surface area contributed by atoms with E-state index in [1.807, 2.05) is 0 Å². The zero-order valence-corrected chi connectivity index (χ0v) is 15.9. The molecule has 0 saturated heterocycles. The zero-order valence-electron chi connectivity index (χ0n) is 13.6. The fourth-order valence-electron chi connectivity index (χ4n) is 1.88. The molecule has 1 heterocycles. The summed E-state index contributed by atoms with van der Waals surface area (Å²) in [6.45, 7) is 0. The van der Waals surface area contributed by atoms with Gasteiger partial charge in [-0.25, -0.2) is 13.4 Å². The maximum absolute atomic E-state index is 12.6. The van der Waals surface area contributed by atoms with Gasteiger partial charge >= 0.3 is 0 Å². The molecular formula is C14H17Cl2N5O2S. The van der Waals surface area contributed by atoms with Gasteiger partial charge in [-0.15, -0.1) is 0 Å². The van der Waals surface area contributed by atoms with Crippen molar-refractivity contribution in [2.24, 2.45) is 0 Å². The summed E-state index contributed by atoms with van der Waals surface area (Å²) in [7, 11) is 3.16. The molecule has 0 spiro atoms. The van der Waals surface area contributed by atoms with Gasteiger partial charge in [0.15, 0.2) is 5.82 Å². The van der Waals surface area contributed by atoms with Crippen molar-refractivity contribution in [2.45, 2.75) is 4.90 Å². The minimum Gasteiger partial charge on any atom is -0.361 e. The third-order valence-electron chi connectivity index (χ3n) is 3.01. The molecule has 0 bridgehead atoms. The molecule has 1 aromatic carbocycles. The summed E-state index contributed by atoms with van der Waals surface area (Å²) < 4.78 is 27.7. The number of aromatic nitrogens is 2. The van der Waals surface area contributed by atoms with Crippen LogP contribution < -0.4 is 14.5 Å². The second-order valence-electron chi connectivity index (χ2n) is 5.38. The number of hydrogen-bond acceptors (Lipinski definition) is 6. The molecule has 1 N–H and O–H groups in total. The van der Waals surface area contributed by atoms with E-state index in [1.54, 1.807) is 38.0 Å². The van der Waals surface area contributed by atoms with Gasteiger partial charge in [0.1, 0.15) is 10.6 Å². The second kappa shape index (κ2) is 7.00. The molecule has 0 aliphatic rings. The Balaban J connectivity index is 2.48. The van der Waals surface area contributed by atoms with Crippen LogP contribution >= 0.6 is 23.2 Å². The Bertz CT molecular complexity index is 856. The summed E-state index contributed by atoms with van der Waals surface area (Å²) in [5, 5.41) is 0.343. The lowest BCUT2D eigenvalue weighted by atomic mass is 10.4. The van der Waals surface area contributed by atoms with Crippen LogP contribution in [0.25, 0.3) is 0 Å². The number of nitrogens with zero attached hydrogens (tertiary/aromatic N) is 4. The number of hydrogen-bond donors (Lipinski definition) is 1. The van der Waals surface area contributed by atoms with E-state index in [9.17, 15) is 8.42 Å². The molecule has 10 heteroatoms. The molecule has 0 saturated carbocycles. The first-order valence-corrected chi connectivity index (χ1v) is 9.05. The van der Waals surface area contributed by atoms with Crippen LogP contribution in [0.4, 0.5) is 17.5 Å². The van der Waals surface area contributed by atoms with E-state index in [4.69, 9.17) is 23.2 Å². The highest BCUT2D eigenvalue weighted by atomic mass is 35.5. The Morgan fingerprint density at radius 2 is 1.75 bits per heavy atom. The van der Waals surface area contributed by atoms with E-state index in [2.05, 4.69) is 14.7 Å². The number of halogens is 2. The summed E-state index contributed by atoms with van der Waals surface area (Å²) in [5.74, 6) is 0.887. The summed E-state index contributed by atoms with van der Waals surface area (Å²) in [6.07, 6.45) is 1.41. The van der Waals surface area contributed by atoms with Crippen molar-refractivity contribution in [3.8, 4) is 0 Å². The number of anilines is 3. The van der Waals surface area contributed by atoms with Crippen LogP contribution in [0, 0.1) is 0 Å².